The van der Waals surface area contributed by atoms with E-state index in [2.05, 4.69) is 4.99 Å². The van der Waals surface area contributed by atoms with E-state index < -0.39 is 15.8 Å². The number of aromatic nitrogens is 1. The van der Waals surface area contributed by atoms with Gasteiger partial charge in [0, 0.05) is 18.6 Å². The van der Waals surface area contributed by atoms with E-state index in [1.165, 1.54) is 19.2 Å². The number of carbonyl (C=O) groups is 2. The van der Waals surface area contributed by atoms with Gasteiger partial charge in [0.15, 0.2) is 14.6 Å². The summed E-state index contributed by atoms with van der Waals surface area (Å²) in [4.78, 5) is 30.1. The molecule has 180 valence electrons. The molecule has 9 heteroatoms. The predicted octanol–water partition coefficient (Wildman–Crippen LogP) is 3.93. The van der Waals surface area contributed by atoms with Crippen molar-refractivity contribution in [2.75, 3.05) is 13.4 Å². The van der Waals surface area contributed by atoms with E-state index in [0.29, 0.717) is 15.0 Å². The lowest BCUT2D eigenvalue weighted by molar-refractivity contribution is -0.141. The van der Waals surface area contributed by atoms with Crippen molar-refractivity contribution < 1.29 is 22.7 Å². The number of thiazole rings is 1. The van der Waals surface area contributed by atoms with Crippen molar-refractivity contribution in [3.8, 4) is 0 Å². The van der Waals surface area contributed by atoms with Crippen LogP contribution >= 0.6 is 11.3 Å². The van der Waals surface area contributed by atoms with Gasteiger partial charge in [0.1, 0.15) is 6.54 Å². The van der Waals surface area contributed by atoms with Crippen LogP contribution in [0.4, 0.5) is 0 Å². The molecule has 0 bridgehead atoms. The summed E-state index contributed by atoms with van der Waals surface area (Å²) < 4.78 is 31.0. The van der Waals surface area contributed by atoms with Crippen LogP contribution in [0.2, 0.25) is 0 Å². The number of hydrogen-bond acceptors (Lipinski definition) is 6. The number of fused-ring (bicyclic) bond motifs is 1. The summed E-state index contributed by atoms with van der Waals surface area (Å²) in [5, 5.41) is 0. The van der Waals surface area contributed by atoms with Gasteiger partial charge in [0.2, 0.25) is 5.91 Å². The molecule has 0 unspecified atom stereocenters. The molecule has 4 aromatic rings. The van der Waals surface area contributed by atoms with Crippen molar-refractivity contribution >= 4 is 43.3 Å². The average molecular weight is 509 g/mol. The van der Waals surface area contributed by atoms with Gasteiger partial charge in [-0.25, -0.2) is 8.42 Å². The maximum absolute atomic E-state index is 13.2. The van der Waals surface area contributed by atoms with Crippen LogP contribution in [0, 0.1) is 0 Å². The SMILES string of the molecule is COC(=O)Cn1c(=NC(=O)CC(c2ccccc2)c2ccccc2)sc2cc(S(C)(=O)=O)ccc21. The molecular weight excluding hydrogens is 484 g/mol. The van der Waals surface area contributed by atoms with Crippen LogP contribution in [0.3, 0.4) is 0 Å². The summed E-state index contributed by atoms with van der Waals surface area (Å²) >= 11 is 1.16. The minimum Gasteiger partial charge on any atom is -0.468 e. The summed E-state index contributed by atoms with van der Waals surface area (Å²) in [5.74, 6) is -1.04. The fourth-order valence-corrected chi connectivity index (χ4v) is 5.65. The standard InChI is InChI=1S/C26H24N2O5S2/c1-33-25(30)17-28-22-14-13-20(35(2,31)32)15-23(22)34-26(28)27-24(29)16-21(18-9-5-3-6-10-18)19-11-7-4-8-12-19/h3-15,21H,16-17H2,1-2H3. The van der Waals surface area contributed by atoms with Gasteiger partial charge >= 0.3 is 5.97 Å². The molecule has 0 fully saturated rings. The summed E-state index contributed by atoms with van der Waals surface area (Å²) in [7, 11) is -2.13. The largest absolute Gasteiger partial charge is 0.468 e. The van der Waals surface area contributed by atoms with E-state index in [9.17, 15) is 18.0 Å². The topological polar surface area (TPSA) is 94.8 Å². The fraction of sp³-hybridized carbons (Fsp3) is 0.192. The van der Waals surface area contributed by atoms with E-state index in [1.807, 2.05) is 60.7 Å². The number of amides is 1. The van der Waals surface area contributed by atoms with Crippen molar-refractivity contribution in [3.05, 3.63) is 94.8 Å². The molecule has 3 aromatic carbocycles. The molecule has 1 heterocycles. The lowest BCUT2D eigenvalue weighted by atomic mass is 9.88. The van der Waals surface area contributed by atoms with Gasteiger partial charge < -0.3 is 9.30 Å². The van der Waals surface area contributed by atoms with E-state index in [4.69, 9.17) is 4.74 Å². The first kappa shape index (κ1) is 24.6. The monoisotopic (exact) mass is 508 g/mol. The van der Waals surface area contributed by atoms with E-state index >= 15 is 0 Å². The molecule has 1 amide bonds. The number of rotatable bonds is 7. The third-order valence-electron chi connectivity index (χ3n) is 5.60. The van der Waals surface area contributed by atoms with Crippen LogP contribution < -0.4 is 4.80 Å². The lowest BCUT2D eigenvalue weighted by Crippen LogP contribution is -2.22. The van der Waals surface area contributed by atoms with E-state index in [-0.39, 0.29) is 29.7 Å². The van der Waals surface area contributed by atoms with Gasteiger partial charge in [-0.3, -0.25) is 9.59 Å². The van der Waals surface area contributed by atoms with Crippen LogP contribution in [-0.4, -0.2) is 38.2 Å². The van der Waals surface area contributed by atoms with Crippen LogP contribution in [0.1, 0.15) is 23.5 Å². The van der Waals surface area contributed by atoms with Gasteiger partial charge in [0.25, 0.3) is 0 Å². The summed E-state index contributed by atoms with van der Waals surface area (Å²) in [6.07, 6.45) is 1.27. The van der Waals surface area contributed by atoms with Crippen molar-refractivity contribution in [2.45, 2.75) is 23.8 Å². The molecule has 7 nitrogen and oxygen atoms in total. The van der Waals surface area contributed by atoms with Gasteiger partial charge in [-0.15, -0.1) is 0 Å². The molecule has 0 aliphatic carbocycles. The second kappa shape index (κ2) is 10.4. The number of hydrogen-bond donors (Lipinski definition) is 0. The Hall–Kier alpha value is -3.56. The normalized spacial score (nSPS) is 12.3. The highest BCUT2D eigenvalue weighted by Gasteiger charge is 2.19. The highest BCUT2D eigenvalue weighted by molar-refractivity contribution is 7.90. The minimum absolute atomic E-state index is 0.134. The molecule has 0 atom stereocenters. The van der Waals surface area contributed by atoms with Crippen LogP contribution in [0.5, 0.6) is 0 Å². The Morgan fingerprint density at radius 3 is 2.11 bits per heavy atom. The van der Waals surface area contributed by atoms with Crippen LogP contribution in [0.25, 0.3) is 10.2 Å². The van der Waals surface area contributed by atoms with E-state index in [0.717, 1.165) is 28.7 Å². The smallest absolute Gasteiger partial charge is 0.325 e. The predicted molar refractivity (Wildman–Crippen MR) is 135 cm³/mol. The number of sulfone groups is 1. The van der Waals surface area contributed by atoms with Crippen molar-refractivity contribution in [1.82, 2.24) is 4.57 Å². The number of esters is 1. The number of nitrogens with zero attached hydrogens (tertiary/aromatic N) is 2. The Balaban J connectivity index is 1.77. The summed E-state index contributed by atoms with van der Waals surface area (Å²) in [5.41, 5.74) is 2.60. The Morgan fingerprint density at radius 1 is 0.971 bits per heavy atom. The molecule has 0 N–H and O–H groups in total. The maximum Gasteiger partial charge on any atom is 0.325 e. The van der Waals surface area contributed by atoms with Gasteiger partial charge in [-0.05, 0) is 29.3 Å². The van der Waals surface area contributed by atoms with Crippen LogP contribution in [-0.2, 0) is 30.7 Å². The molecule has 0 aliphatic rings. The van der Waals surface area contributed by atoms with Gasteiger partial charge in [-0.1, -0.05) is 72.0 Å². The number of methoxy groups -OCH3 is 1. The quantitative estimate of drug-likeness (QED) is 0.353. The molecule has 4 rings (SSSR count). The maximum atomic E-state index is 13.2. The second-order valence-electron chi connectivity index (χ2n) is 8.03. The Morgan fingerprint density at radius 2 is 1.57 bits per heavy atom. The molecule has 0 spiro atoms. The molecule has 35 heavy (non-hydrogen) atoms. The Labute approximate surface area is 207 Å². The van der Waals surface area contributed by atoms with Gasteiger partial charge in [-0.2, -0.15) is 4.99 Å². The zero-order valence-electron chi connectivity index (χ0n) is 19.2. The number of benzene rings is 3. The summed E-state index contributed by atoms with van der Waals surface area (Å²) in [6, 6.07) is 24.1. The third kappa shape index (κ3) is 5.75. The zero-order chi connectivity index (χ0) is 25.0. The highest BCUT2D eigenvalue weighted by Crippen LogP contribution is 2.28. The molecule has 0 aliphatic heterocycles. The van der Waals surface area contributed by atoms with E-state index in [1.54, 1.807) is 10.6 Å². The Kier molecular flexibility index (Phi) is 7.28. The molecular formula is C26H24N2O5S2. The van der Waals surface area contributed by atoms with Crippen molar-refractivity contribution in [2.24, 2.45) is 4.99 Å². The Bertz CT molecular complexity index is 1500. The summed E-state index contributed by atoms with van der Waals surface area (Å²) in [6.45, 7) is -0.151. The first-order valence-electron chi connectivity index (χ1n) is 10.8. The highest BCUT2D eigenvalue weighted by atomic mass is 32.2. The van der Waals surface area contributed by atoms with Crippen molar-refractivity contribution in [3.63, 3.8) is 0 Å². The zero-order valence-corrected chi connectivity index (χ0v) is 20.9. The molecule has 1 aromatic heterocycles. The number of carbonyl (C=O) groups excluding carboxylic acids is 2. The van der Waals surface area contributed by atoms with Crippen molar-refractivity contribution in [1.29, 1.82) is 0 Å². The number of ether oxygens (including phenoxy) is 1. The first-order chi connectivity index (χ1) is 16.8. The lowest BCUT2D eigenvalue weighted by Gasteiger charge is -2.16. The molecule has 0 radical (unpaired) electrons. The average Bonchev–Trinajstić information content (AvgIpc) is 3.18. The fourth-order valence-electron chi connectivity index (χ4n) is 3.84. The second-order valence-corrected chi connectivity index (χ2v) is 11.1. The first-order valence-corrected chi connectivity index (χ1v) is 13.5. The molecule has 0 saturated carbocycles. The minimum atomic E-state index is -3.42. The molecule has 0 saturated heterocycles. The third-order valence-corrected chi connectivity index (χ3v) is 7.75. The van der Waals surface area contributed by atoms with Gasteiger partial charge in [0.05, 0.1) is 22.2 Å². The van der Waals surface area contributed by atoms with Crippen LogP contribution in [0.15, 0.2) is 88.8 Å².